The van der Waals surface area contributed by atoms with Gasteiger partial charge in [-0.2, -0.15) is 9.55 Å². The van der Waals surface area contributed by atoms with Crippen LogP contribution in [0.15, 0.2) is 107 Å². The zero-order valence-corrected chi connectivity index (χ0v) is 27.4. The van der Waals surface area contributed by atoms with Gasteiger partial charge in [0.05, 0.1) is 29.6 Å². The maximum atomic E-state index is 15.1. The van der Waals surface area contributed by atoms with Crippen molar-refractivity contribution in [3.05, 3.63) is 114 Å². The molecule has 0 radical (unpaired) electrons. The Morgan fingerprint density at radius 2 is 1.79 bits per heavy atom. The lowest BCUT2D eigenvalue weighted by Crippen LogP contribution is -2.36. The van der Waals surface area contributed by atoms with Crippen LogP contribution in [-0.4, -0.2) is 51.6 Å². The predicted molar refractivity (Wildman–Crippen MR) is 183 cm³/mol. The number of H-pyrrole nitrogens is 1. The number of hydrogen-bond acceptors (Lipinski definition) is 8. The molecule has 3 aromatic heterocycles. The second-order valence-corrected chi connectivity index (χ2v) is 13.4. The number of nitrogens with one attached hydrogen (secondary N) is 3. The Balaban J connectivity index is 1.50. The first-order valence-electron chi connectivity index (χ1n) is 14.6. The van der Waals surface area contributed by atoms with E-state index >= 15 is 4.57 Å². The highest BCUT2D eigenvalue weighted by Gasteiger charge is 2.36. The van der Waals surface area contributed by atoms with Crippen LogP contribution >= 0.6 is 19.4 Å². The molecule has 0 aliphatic carbocycles. The molecule has 3 heterocycles. The van der Waals surface area contributed by atoms with Crippen molar-refractivity contribution < 1.29 is 23.4 Å². The highest BCUT2D eigenvalue weighted by Crippen LogP contribution is 2.48. The van der Waals surface area contributed by atoms with Gasteiger partial charge in [-0.1, -0.05) is 48.2 Å². The van der Waals surface area contributed by atoms with E-state index in [-0.39, 0.29) is 11.8 Å². The van der Waals surface area contributed by atoms with E-state index in [2.05, 4.69) is 20.4 Å². The number of nitrogens with zero attached hydrogens (tertiary/aromatic N) is 3. The van der Waals surface area contributed by atoms with E-state index in [9.17, 15) is 9.59 Å². The quantitative estimate of drug-likeness (QED) is 0.101. The largest absolute Gasteiger partial charge is 0.468 e. The highest BCUT2D eigenvalue weighted by molar-refractivity contribution is 7.99. The molecule has 3 N–H and O–H groups in total. The van der Waals surface area contributed by atoms with E-state index in [0.717, 1.165) is 20.7 Å². The first-order valence-corrected chi connectivity index (χ1v) is 17.0. The predicted octanol–water partition coefficient (Wildman–Crippen LogP) is 6.78. The Morgan fingerprint density at radius 3 is 2.55 bits per heavy atom. The number of ether oxygens (including phenoxy) is 1. The van der Waals surface area contributed by atoms with E-state index in [1.54, 1.807) is 37.5 Å². The summed E-state index contributed by atoms with van der Waals surface area (Å²) >= 11 is 1.38. The van der Waals surface area contributed by atoms with Crippen molar-refractivity contribution in [1.82, 2.24) is 29.9 Å². The van der Waals surface area contributed by atoms with Crippen molar-refractivity contribution in [2.75, 3.05) is 14.2 Å². The molecular formula is C34H31N6O5PS. The number of para-hydroxylation sites is 1. The summed E-state index contributed by atoms with van der Waals surface area (Å²) in [7, 11) is -1.38. The lowest BCUT2D eigenvalue weighted by Gasteiger charge is -2.22. The SMILES string of the molecule is CNC(=O)c1ccccc1Sc1ccc2c(/C=C/c3ccccn3)nn(P(=O)(N[C@@H](C)C(=O)OC)Oc3cc4ccccc4[nH]3)c2c1. The molecule has 1 unspecified atom stereocenters. The summed E-state index contributed by atoms with van der Waals surface area (Å²) < 4.78 is 27.5. The highest BCUT2D eigenvalue weighted by atomic mass is 32.2. The summed E-state index contributed by atoms with van der Waals surface area (Å²) in [6, 6.07) is 26.7. The van der Waals surface area contributed by atoms with Crippen molar-refractivity contribution in [1.29, 1.82) is 0 Å². The molecule has 0 bridgehead atoms. The fraction of sp³-hybridized carbons (Fsp3) is 0.118. The molecule has 0 aliphatic heterocycles. The Labute approximate surface area is 274 Å². The van der Waals surface area contributed by atoms with Gasteiger partial charge in [0.2, 0.25) is 5.88 Å². The summed E-state index contributed by atoms with van der Waals surface area (Å²) in [5.41, 5.74) is 2.99. The molecule has 0 aliphatic rings. The van der Waals surface area contributed by atoms with Gasteiger partial charge in [-0.05, 0) is 67.6 Å². The topological polar surface area (TPSA) is 140 Å². The Bertz CT molecular complexity index is 2130. The number of fused-ring (bicyclic) bond motifs is 2. The number of benzene rings is 3. The Morgan fingerprint density at radius 1 is 1.00 bits per heavy atom. The standard InChI is InChI=1S/C34H31N6O5PS/c1-22(34(42)44-3)39-46(43,45-32-20-23-10-4-6-13-28(23)37-32)40-30-21-25(47-31-14-7-5-12-27(31)33(41)35-2)16-17-26(30)29(38-40)18-15-24-11-8-9-19-36-24/h4-22,37H,1-3H3,(H,35,41)(H,39,43)/b18-15+/t22-,46?/m0/s1. The Kier molecular flexibility index (Phi) is 9.26. The number of rotatable bonds is 11. The van der Waals surface area contributed by atoms with E-state index < -0.39 is 19.7 Å². The van der Waals surface area contributed by atoms with E-state index in [1.807, 2.05) is 78.9 Å². The summed E-state index contributed by atoms with van der Waals surface area (Å²) in [4.78, 5) is 34.1. The number of amides is 1. The van der Waals surface area contributed by atoms with E-state index in [4.69, 9.17) is 14.4 Å². The molecule has 0 fully saturated rings. The van der Waals surface area contributed by atoms with Crippen LogP contribution < -0.4 is 14.9 Å². The van der Waals surface area contributed by atoms with Gasteiger partial charge in [0.15, 0.2) is 0 Å². The number of hydrogen-bond donors (Lipinski definition) is 3. The van der Waals surface area contributed by atoms with Crippen LogP contribution in [0.4, 0.5) is 0 Å². The second-order valence-electron chi connectivity index (χ2n) is 10.4. The molecule has 238 valence electrons. The average molecular weight is 667 g/mol. The monoisotopic (exact) mass is 666 g/mol. The molecule has 6 aromatic rings. The van der Waals surface area contributed by atoms with Gasteiger partial charge in [0.1, 0.15) is 6.04 Å². The first kappa shape index (κ1) is 31.8. The zero-order valence-electron chi connectivity index (χ0n) is 25.7. The van der Waals surface area contributed by atoms with E-state index in [0.29, 0.717) is 27.9 Å². The molecule has 0 saturated heterocycles. The minimum absolute atomic E-state index is 0.210. The van der Waals surface area contributed by atoms with Crippen LogP contribution in [0.2, 0.25) is 0 Å². The van der Waals surface area contributed by atoms with Crippen molar-refractivity contribution in [2.45, 2.75) is 22.8 Å². The third kappa shape index (κ3) is 6.85. The zero-order chi connectivity index (χ0) is 33.0. The van der Waals surface area contributed by atoms with Gasteiger partial charge in [0, 0.05) is 45.4 Å². The summed E-state index contributed by atoms with van der Waals surface area (Å²) in [5, 5.41) is 11.9. The lowest BCUT2D eigenvalue weighted by atomic mass is 10.2. The molecule has 11 nitrogen and oxygen atoms in total. The summed E-state index contributed by atoms with van der Waals surface area (Å²) in [6.07, 6.45) is 5.28. The van der Waals surface area contributed by atoms with Gasteiger partial charge in [-0.15, -0.1) is 0 Å². The number of aromatic nitrogens is 4. The van der Waals surface area contributed by atoms with E-state index in [1.165, 1.54) is 30.2 Å². The van der Waals surface area contributed by atoms with Crippen LogP contribution in [-0.2, 0) is 14.1 Å². The van der Waals surface area contributed by atoms with Gasteiger partial charge in [-0.3, -0.25) is 14.6 Å². The van der Waals surface area contributed by atoms with Gasteiger partial charge >= 0.3 is 13.6 Å². The van der Waals surface area contributed by atoms with Crippen LogP contribution in [0.25, 0.3) is 34.0 Å². The molecule has 13 heteroatoms. The van der Waals surface area contributed by atoms with Gasteiger partial charge < -0.3 is 19.6 Å². The van der Waals surface area contributed by atoms with Crippen LogP contribution in [0.3, 0.4) is 0 Å². The van der Waals surface area contributed by atoms with Crippen LogP contribution in [0.5, 0.6) is 5.88 Å². The fourth-order valence-electron chi connectivity index (χ4n) is 4.96. The summed E-state index contributed by atoms with van der Waals surface area (Å²) in [6.45, 7) is 1.54. The normalized spacial score (nSPS) is 13.4. The number of carbonyl (C=O) groups excluding carboxylic acids is 2. The lowest BCUT2D eigenvalue weighted by molar-refractivity contribution is -0.142. The average Bonchev–Trinajstić information content (AvgIpc) is 3.68. The fourth-order valence-corrected chi connectivity index (χ4v) is 7.80. The molecular weight excluding hydrogens is 635 g/mol. The molecule has 2 atom stereocenters. The van der Waals surface area contributed by atoms with Crippen LogP contribution in [0, 0.1) is 0 Å². The summed E-state index contributed by atoms with van der Waals surface area (Å²) in [5.74, 6) is -0.615. The van der Waals surface area contributed by atoms with Gasteiger partial charge in [0.25, 0.3) is 5.91 Å². The number of esters is 1. The molecule has 6 rings (SSSR count). The van der Waals surface area contributed by atoms with Crippen molar-refractivity contribution in [3.63, 3.8) is 0 Å². The molecule has 3 aromatic carbocycles. The number of carbonyl (C=O) groups is 2. The molecule has 0 spiro atoms. The number of methoxy groups -OCH3 is 1. The molecule has 0 saturated carbocycles. The second kappa shape index (κ2) is 13.7. The maximum Gasteiger partial charge on any atom is 0.441 e. The van der Waals surface area contributed by atoms with Crippen molar-refractivity contribution >= 4 is 65.3 Å². The number of aromatic amines is 1. The minimum Gasteiger partial charge on any atom is -0.468 e. The van der Waals surface area contributed by atoms with Crippen molar-refractivity contribution in [2.24, 2.45) is 0 Å². The first-order chi connectivity index (χ1) is 22.8. The minimum atomic E-state index is -4.22. The maximum absolute atomic E-state index is 15.1. The molecule has 1 amide bonds. The smallest absolute Gasteiger partial charge is 0.441 e. The van der Waals surface area contributed by atoms with Crippen LogP contribution in [0.1, 0.15) is 28.7 Å². The number of pyridine rings is 1. The third-order valence-corrected chi connectivity index (χ3v) is 10.3. The molecule has 47 heavy (non-hydrogen) atoms. The Hall–Kier alpha value is -5.16. The third-order valence-electron chi connectivity index (χ3n) is 7.24. The van der Waals surface area contributed by atoms with Crippen molar-refractivity contribution in [3.8, 4) is 5.88 Å². The van der Waals surface area contributed by atoms with Gasteiger partial charge in [-0.25, -0.2) is 9.65 Å².